The highest BCUT2D eigenvalue weighted by Gasteiger charge is 2.15. The largest absolute Gasteiger partial charge is 0.490 e. The van der Waals surface area contributed by atoms with Crippen molar-refractivity contribution in [2.75, 3.05) is 12.4 Å². The monoisotopic (exact) mass is 290 g/mol. The lowest BCUT2D eigenvalue weighted by molar-refractivity contribution is -0.385. The van der Waals surface area contributed by atoms with Crippen LogP contribution in [-0.4, -0.2) is 12.0 Å². The van der Waals surface area contributed by atoms with E-state index >= 15 is 0 Å². The summed E-state index contributed by atoms with van der Waals surface area (Å²) in [4.78, 5) is 10.4. The molecule has 0 saturated heterocycles. The normalized spacial score (nSPS) is 10.2. The molecule has 0 aromatic heterocycles. The highest BCUT2D eigenvalue weighted by atomic mass is 19.1. The zero-order chi connectivity index (χ0) is 15.4. The van der Waals surface area contributed by atoms with E-state index in [2.05, 4.69) is 5.32 Å². The summed E-state index contributed by atoms with van der Waals surface area (Å²) in [6, 6.07) is 9.54. The van der Waals surface area contributed by atoms with Gasteiger partial charge in [-0.3, -0.25) is 10.1 Å². The van der Waals surface area contributed by atoms with Crippen LogP contribution < -0.4 is 10.1 Å². The third-order valence-corrected chi connectivity index (χ3v) is 3.11. The minimum Gasteiger partial charge on any atom is -0.490 e. The summed E-state index contributed by atoms with van der Waals surface area (Å²) in [7, 11) is 1.38. The molecule has 0 bridgehead atoms. The van der Waals surface area contributed by atoms with E-state index < -0.39 is 4.92 Å². The van der Waals surface area contributed by atoms with Crippen molar-refractivity contribution in [3.63, 3.8) is 0 Å². The lowest BCUT2D eigenvalue weighted by atomic mass is 10.1. The molecule has 1 N–H and O–H groups in total. The molecule has 0 aliphatic rings. The molecule has 2 rings (SSSR count). The molecule has 2 aromatic carbocycles. The van der Waals surface area contributed by atoms with Gasteiger partial charge in [0.25, 0.3) is 0 Å². The Morgan fingerprint density at radius 2 is 2.05 bits per heavy atom. The summed E-state index contributed by atoms with van der Waals surface area (Å²) in [5.74, 6) is -0.0676. The van der Waals surface area contributed by atoms with E-state index in [1.807, 2.05) is 6.07 Å². The highest BCUT2D eigenvalue weighted by Crippen LogP contribution is 2.29. The van der Waals surface area contributed by atoms with Crippen LogP contribution in [0.5, 0.6) is 5.75 Å². The molecule has 0 radical (unpaired) electrons. The number of nitrogens with zero attached hydrogens (tertiary/aromatic N) is 1. The number of nitrogens with one attached hydrogen (secondary N) is 1. The Kier molecular flexibility index (Phi) is 4.37. The fraction of sp³-hybridized carbons (Fsp3) is 0.200. The number of ether oxygens (including phenoxy) is 1. The van der Waals surface area contributed by atoms with E-state index in [1.165, 1.54) is 25.3 Å². The maximum Gasteiger partial charge on any atom is 0.312 e. The summed E-state index contributed by atoms with van der Waals surface area (Å²) >= 11 is 0. The fourth-order valence-electron chi connectivity index (χ4n) is 1.89. The third-order valence-electron chi connectivity index (χ3n) is 3.11. The third kappa shape index (κ3) is 3.47. The van der Waals surface area contributed by atoms with Crippen LogP contribution in [0.15, 0.2) is 36.4 Å². The summed E-state index contributed by atoms with van der Waals surface area (Å²) in [5.41, 5.74) is 1.80. The molecule has 0 saturated carbocycles. The van der Waals surface area contributed by atoms with Gasteiger partial charge in [0.15, 0.2) is 5.75 Å². The molecule has 2 aromatic rings. The average Bonchev–Trinajstić information content (AvgIpc) is 2.48. The molecular formula is C15H15FN2O3. The van der Waals surface area contributed by atoms with Gasteiger partial charge in [0.1, 0.15) is 5.82 Å². The van der Waals surface area contributed by atoms with Gasteiger partial charge in [0.05, 0.1) is 12.0 Å². The molecule has 21 heavy (non-hydrogen) atoms. The summed E-state index contributed by atoms with van der Waals surface area (Å²) < 4.78 is 18.4. The van der Waals surface area contributed by atoms with E-state index in [1.54, 1.807) is 19.1 Å². The van der Waals surface area contributed by atoms with E-state index in [0.29, 0.717) is 17.8 Å². The molecular weight excluding hydrogens is 275 g/mol. The maximum atomic E-state index is 13.4. The van der Waals surface area contributed by atoms with Crippen molar-refractivity contribution in [3.8, 4) is 5.75 Å². The fourth-order valence-corrected chi connectivity index (χ4v) is 1.89. The van der Waals surface area contributed by atoms with Gasteiger partial charge in [-0.05, 0) is 36.2 Å². The van der Waals surface area contributed by atoms with Gasteiger partial charge < -0.3 is 10.1 Å². The SMILES string of the molecule is COc1ccc(NCc2ccc(C)c(F)c2)cc1[N+](=O)[O-]. The zero-order valence-electron chi connectivity index (χ0n) is 11.7. The van der Waals surface area contributed by atoms with Gasteiger partial charge in [-0.2, -0.15) is 0 Å². The van der Waals surface area contributed by atoms with Crippen LogP contribution in [0.25, 0.3) is 0 Å². The van der Waals surface area contributed by atoms with Crippen LogP contribution in [0, 0.1) is 22.9 Å². The van der Waals surface area contributed by atoms with Crippen molar-refractivity contribution < 1.29 is 14.1 Å². The summed E-state index contributed by atoms with van der Waals surface area (Å²) in [6.07, 6.45) is 0. The Bertz CT molecular complexity index is 674. The Balaban J connectivity index is 2.14. The van der Waals surface area contributed by atoms with Gasteiger partial charge in [-0.15, -0.1) is 0 Å². The molecule has 5 nitrogen and oxygen atoms in total. The number of anilines is 1. The Morgan fingerprint density at radius 1 is 1.29 bits per heavy atom. The number of hydrogen-bond donors (Lipinski definition) is 1. The maximum absolute atomic E-state index is 13.4. The topological polar surface area (TPSA) is 64.4 Å². The predicted octanol–water partition coefficient (Wildman–Crippen LogP) is 3.66. The molecule has 0 fully saturated rings. The van der Waals surface area contributed by atoms with Gasteiger partial charge >= 0.3 is 5.69 Å². The lowest BCUT2D eigenvalue weighted by Gasteiger charge is -2.09. The molecule has 6 heteroatoms. The molecule has 0 aliphatic carbocycles. The first-order valence-electron chi connectivity index (χ1n) is 6.32. The second-order valence-corrected chi connectivity index (χ2v) is 4.58. The molecule has 0 atom stereocenters. The van der Waals surface area contributed by atoms with Crippen molar-refractivity contribution in [1.29, 1.82) is 0 Å². The quantitative estimate of drug-likeness (QED) is 0.674. The minimum atomic E-state index is -0.504. The number of hydrogen-bond acceptors (Lipinski definition) is 4. The van der Waals surface area contributed by atoms with Crippen molar-refractivity contribution in [2.24, 2.45) is 0 Å². The lowest BCUT2D eigenvalue weighted by Crippen LogP contribution is -2.01. The summed E-state index contributed by atoms with van der Waals surface area (Å²) in [5, 5.41) is 14.0. The van der Waals surface area contributed by atoms with Crippen LogP contribution in [0.1, 0.15) is 11.1 Å². The van der Waals surface area contributed by atoms with E-state index in [9.17, 15) is 14.5 Å². The van der Waals surface area contributed by atoms with E-state index in [-0.39, 0.29) is 17.3 Å². The number of aryl methyl sites for hydroxylation is 1. The molecule has 110 valence electrons. The first-order valence-corrected chi connectivity index (χ1v) is 6.32. The summed E-state index contributed by atoms with van der Waals surface area (Å²) in [6.45, 7) is 2.07. The number of nitro benzene ring substituents is 1. The Morgan fingerprint density at radius 3 is 2.67 bits per heavy atom. The van der Waals surface area contributed by atoms with Crippen molar-refractivity contribution >= 4 is 11.4 Å². The van der Waals surface area contributed by atoms with Crippen LogP contribution in [0.3, 0.4) is 0 Å². The number of halogens is 1. The van der Waals surface area contributed by atoms with E-state index in [4.69, 9.17) is 4.74 Å². The predicted molar refractivity (Wildman–Crippen MR) is 78.1 cm³/mol. The first-order chi connectivity index (χ1) is 10.0. The van der Waals surface area contributed by atoms with Crippen molar-refractivity contribution in [3.05, 3.63) is 63.5 Å². The average molecular weight is 290 g/mol. The van der Waals surface area contributed by atoms with Crippen LogP contribution >= 0.6 is 0 Å². The Labute approximate surface area is 121 Å². The molecule has 0 aliphatic heterocycles. The molecule has 0 amide bonds. The van der Waals surface area contributed by atoms with Crippen molar-refractivity contribution in [2.45, 2.75) is 13.5 Å². The van der Waals surface area contributed by atoms with Gasteiger partial charge in [0.2, 0.25) is 0 Å². The van der Waals surface area contributed by atoms with Crippen molar-refractivity contribution in [1.82, 2.24) is 0 Å². The zero-order valence-corrected chi connectivity index (χ0v) is 11.7. The minimum absolute atomic E-state index is 0.113. The number of benzene rings is 2. The van der Waals surface area contributed by atoms with Gasteiger partial charge in [-0.1, -0.05) is 12.1 Å². The number of nitro groups is 1. The van der Waals surface area contributed by atoms with Gasteiger partial charge in [0, 0.05) is 18.3 Å². The smallest absolute Gasteiger partial charge is 0.312 e. The standard InChI is InChI=1S/C15H15FN2O3/c1-10-3-4-11(7-13(10)16)9-17-12-5-6-15(21-2)14(8-12)18(19)20/h3-8,17H,9H2,1-2H3. The van der Waals surface area contributed by atoms with E-state index in [0.717, 1.165) is 5.56 Å². The van der Waals surface area contributed by atoms with Crippen LogP contribution in [0.4, 0.5) is 15.8 Å². The Hall–Kier alpha value is -2.63. The van der Waals surface area contributed by atoms with Crippen LogP contribution in [-0.2, 0) is 6.54 Å². The van der Waals surface area contributed by atoms with Crippen LogP contribution in [0.2, 0.25) is 0 Å². The molecule has 0 heterocycles. The second-order valence-electron chi connectivity index (χ2n) is 4.58. The first kappa shape index (κ1) is 14.8. The number of methoxy groups -OCH3 is 1. The molecule has 0 spiro atoms. The van der Waals surface area contributed by atoms with Gasteiger partial charge in [-0.25, -0.2) is 4.39 Å². The second kappa shape index (κ2) is 6.21. The highest BCUT2D eigenvalue weighted by molar-refractivity contribution is 5.58. The number of rotatable bonds is 5. The molecule has 0 unspecified atom stereocenters.